The van der Waals surface area contributed by atoms with Gasteiger partial charge in [-0.2, -0.15) is 0 Å². The maximum absolute atomic E-state index is 3.60. The third-order valence-corrected chi connectivity index (χ3v) is 9.92. The van der Waals surface area contributed by atoms with Crippen molar-refractivity contribution in [3.8, 4) is 0 Å². The molecule has 3 heterocycles. The number of para-hydroxylation sites is 1. The van der Waals surface area contributed by atoms with Gasteiger partial charge < -0.3 is 5.32 Å². The first-order valence-electron chi connectivity index (χ1n) is 14.4. The molecule has 2 saturated heterocycles. The van der Waals surface area contributed by atoms with Crippen molar-refractivity contribution in [2.45, 2.75) is 102 Å². The SMILES string of the molecule is CC(C)(C)N1CCC2(CC1)CNc1ccccc12.CC(C)(C)N1CCC2(CCc3ccccc32)CC1. The number of benzene rings is 2. The Hall–Kier alpha value is -1.84. The van der Waals surface area contributed by atoms with Gasteiger partial charge in [-0.05, 0) is 134 Å². The Balaban J connectivity index is 0.000000148. The smallest absolute Gasteiger partial charge is 0.0379 e. The molecule has 1 aliphatic carbocycles. The molecule has 0 bridgehead atoms. The number of piperidine rings is 2. The molecule has 0 atom stereocenters. The summed E-state index contributed by atoms with van der Waals surface area (Å²) in [7, 11) is 0. The van der Waals surface area contributed by atoms with Gasteiger partial charge in [0.2, 0.25) is 0 Å². The molecular formula is C33H49N3. The van der Waals surface area contributed by atoms with E-state index >= 15 is 0 Å². The zero-order valence-corrected chi connectivity index (χ0v) is 23.8. The lowest BCUT2D eigenvalue weighted by molar-refractivity contribution is 0.0744. The molecule has 0 radical (unpaired) electrons. The summed E-state index contributed by atoms with van der Waals surface area (Å²) < 4.78 is 0. The molecule has 36 heavy (non-hydrogen) atoms. The van der Waals surface area contributed by atoms with E-state index in [1.165, 1.54) is 70.4 Å². The summed E-state index contributed by atoms with van der Waals surface area (Å²) in [6.07, 6.45) is 7.95. The number of aryl methyl sites for hydroxylation is 1. The zero-order chi connectivity index (χ0) is 25.6. The highest BCUT2D eigenvalue weighted by Crippen LogP contribution is 2.47. The van der Waals surface area contributed by atoms with E-state index in [9.17, 15) is 0 Å². The van der Waals surface area contributed by atoms with Crippen molar-refractivity contribution in [1.82, 2.24) is 9.80 Å². The minimum absolute atomic E-state index is 0.313. The van der Waals surface area contributed by atoms with Crippen molar-refractivity contribution >= 4 is 5.69 Å². The molecule has 3 aliphatic heterocycles. The minimum Gasteiger partial charge on any atom is -0.384 e. The summed E-state index contributed by atoms with van der Waals surface area (Å²) in [4.78, 5) is 5.28. The maximum atomic E-state index is 3.60. The molecule has 0 saturated carbocycles. The van der Waals surface area contributed by atoms with Crippen LogP contribution < -0.4 is 5.32 Å². The van der Waals surface area contributed by atoms with E-state index < -0.39 is 0 Å². The summed E-state index contributed by atoms with van der Waals surface area (Å²) in [5, 5.41) is 3.60. The first-order valence-corrected chi connectivity index (χ1v) is 14.4. The normalized spacial score (nSPS) is 23.1. The molecule has 2 spiro atoms. The molecule has 196 valence electrons. The van der Waals surface area contributed by atoms with Crippen LogP contribution in [0.25, 0.3) is 0 Å². The van der Waals surface area contributed by atoms with Gasteiger partial charge in [-0.15, -0.1) is 0 Å². The number of hydrogen-bond acceptors (Lipinski definition) is 3. The van der Waals surface area contributed by atoms with Crippen molar-refractivity contribution in [2.24, 2.45) is 0 Å². The predicted molar refractivity (Wildman–Crippen MR) is 154 cm³/mol. The Morgan fingerprint density at radius 2 is 1.11 bits per heavy atom. The first-order chi connectivity index (χ1) is 17.0. The third kappa shape index (κ3) is 4.86. The highest BCUT2D eigenvalue weighted by molar-refractivity contribution is 5.60. The zero-order valence-electron chi connectivity index (χ0n) is 23.8. The van der Waals surface area contributed by atoms with Gasteiger partial charge in [0.05, 0.1) is 0 Å². The van der Waals surface area contributed by atoms with Gasteiger partial charge in [-0.3, -0.25) is 9.80 Å². The lowest BCUT2D eigenvalue weighted by Gasteiger charge is -2.45. The molecule has 2 aromatic rings. The third-order valence-electron chi connectivity index (χ3n) is 9.92. The second-order valence-corrected chi connectivity index (χ2v) is 13.9. The lowest BCUT2D eigenvalue weighted by atomic mass is 9.73. The van der Waals surface area contributed by atoms with Crippen molar-refractivity contribution in [3.05, 3.63) is 65.2 Å². The molecule has 1 N–H and O–H groups in total. The van der Waals surface area contributed by atoms with E-state index in [-0.39, 0.29) is 0 Å². The highest BCUT2D eigenvalue weighted by Gasteiger charge is 2.43. The summed E-state index contributed by atoms with van der Waals surface area (Å²) in [6, 6.07) is 18.0. The van der Waals surface area contributed by atoms with E-state index in [1.807, 2.05) is 0 Å². The fraction of sp³-hybridized carbons (Fsp3) is 0.636. The van der Waals surface area contributed by atoms with Crippen molar-refractivity contribution in [2.75, 3.05) is 38.0 Å². The van der Waals surface area contributed by atoms with Crippen molar-refractivity contribution < 1.29 is 0 Å². The van der Waals surface area contributed by atoms with E-state index in [2.05, 4.69) is 105 Å². The maximum Gasteiger partial charge on any atom is 0.0379 e. The topological polar surface area (TPSA) is 18.5 Å². The minimum atomic E-state index is 0.313. The summed E-state index contributed by atoms with van der Waals surface area (Å²) >= 11 is 0. The van der Waals surface area contributed by atoms with E-state index in [0.29, 0.717) is 21.9 Å². The number of fused-ring (bicyclic) bond motifs is 4. The molecule has 2 fully saturated rings. The van der Waals surface area contributed by atoms with Crippen LogP contribution in [0, 0.1) is 0 Å². The Labute approximate surface area is 220 Å². The Bertz CT molecular complexity index is 956. The average Bonchev–Trinajstić information content (AvgIpc) is 3.38. The van der Waals surface area contributed by atoms with Gasteiger partial charge in [0.1, 0.15) is 0 Å². The van der Waals surface area contributed by atoms with E-state index in [4.69, 9.17) is 0 Å². The predicted octanol–water partition coefficient (Wildman–Crippen LogP) is 7.01. The number of hydrogen-bond donors (Lipinski definition) is 1. The molecule has 3 nitrogen and oxygen atoms in total. The van der Waals surface area contributed by atoms with Crippen LogP contribution >= 0.6 is 0 Å². The van der Waals surface area contributed by atoms with Crippen LogP contribution in [0.15, 0.2) is 48.5 Å². The molecule has 2 aromatic carbocycles. The number of anilines is 1. The standard InChI is InChI=1S/C17H25N.C16H24N2/c1-16(2,3)18-12-10-17(11-13-18)9-8-14-6-4-5-7-15(14)17;1-15(2,3)18-10-8-16(9-11-18)12-17-14-7-5-4-6-13(14)16/h4-7H,8-13H2,1-3H3;4-7,17H,8-12H2,1-3H3. The number of likely N-dealkylation sites (tertiary alicyclic amines) is 2. The second kappa shape index (κ2) is 9.48. The summed E-state index contributed by atoms with van der Waals surface area (Å²) in [6.45, 7) is 20.1. The van der Waals surface area contributed by atoms with Crippen molar-refractivity contribution in [1.29, 1.82) is 0 Å². The van der Waals surface area contributed by atoms with Crippen LogP contribution in [0.3, 0.4) is 0 Å². The van der Waals surface area contributed by atoms with Gasteiger partial charge in [0, 0.05) is 28.7 Å². The van der Waals surface area contributed by atoms with E-state index in [1.54, 1.807) is 16.7 Å². The molecule has 0 aromatic heterocycles. The van der Waals surface area contributed by atoms with Gasteiger partial charge in [-0.25, -0.2) is 0 Å². The molecule has 0 unspecified atom stereocenters. The number of nitrogens with one attached hydrogen (secondary N) is 1. The molecule has 6 rings (SSSR count). The van der Waals surface area contributed by atoms with Gasteiger partial charge in [-0.1, -0.05) is 42.5 Å². The molecule has 0 amide bonds. The number of nitrogens with zero attached hydrogens (tertiary/aromatic N) is 2. The van der Waals surface area contributed by atoms with E-state index in [0.717, 1.165) is 6.54 Å². The monoisotopic (exact) mass is 487 g/mol. The summed E-state index contributed by atoms with van der Waals surface area (Å²) in [5.74, 6) is 0. The lowest BCUT2D eigenvalue weighted by Crippen LogP contribution is -2.50. The largest absolute Gasteiger partial charge is 0.384 e. The van der Waals surface area contributed by atoms with Gasteiger partial charge in [0.15, 0.2) is 0 Å². The Morgan fingerprint density at radius 1 is 0.611 bits per heavy atom. The molecular weight excluding hydrogens is 438 g/mol. The van der Waals surface area contributed by atoms with Crippen LogP contribution in [0.1, 0.15) is 90.3 Å². The molecule has 4 aliphatic rings. The summed E-state index contributed by atoms with van der Waals surface area (Å²) in [5.41, 5.74) is 7.75. The van der Waals surface area contributed by atoms with Gasteiger partial charge in [0.25, 0.3) is 0 Å². The van der Waals surface area contributed by atoms with Crippen LogP contribution in [0.5, 0.6) is 0 Å². The fourth-order valence-corrected chi connectivity index (χ4v) is 7.40. The Kier molecular flexibility index (Phi) is 6.79. The average molecular weight is 488 g/mol. The Morgan fingerprint density at radius 3 is 1.69 bits per heavy atom. The molecule has 3 heteroatoms. The first kappa shape index (κ1) is 25.8. The van der Waals surface area contributed by atoms with Gasteiger partial charge >= 0.3 is 0 Å². The fourth-order valence-electron chi connectivity index (χ4n) is 7.40. The second-order valence-electron chi connectivity index (χ2n) is 13.9. The highest BCUT2D eigenvalue weighted by atomic mass is 15.2. The van der Waals surface area contributed by atoms with Crippen LogP contribution in [0.4, 0.5) is 5.69 Å². The van der Waals surface area contributed by atoms with Crippen molar-refractivity contribution in [3.63, 3.8) is 0 Å². The van der Waals surface area contributed by atoms with Crippen LogP contribution in [-0.4, -0.2) is 53.6 Å². The number of rotatable bonds is 0. The quantitative estimate of drug-likeness (QED) is 0.431. The van der Waals surface area contributed by atoms with Crippen LogP contribution in [-0.2, 0) is 17.3 Å². The van der Waals surface area contributed by atoms with Crippen LogP contribution in [0.2, 0.25) is 0 Å².